The molecular weight excluding hydrogens is 822 g/mol. The van der Waals surface area contributed by atoms with Gasteiger partial charge in [0.25, 0.3) is 11.8 Å². The first-order chi connectivity index (χ1) is 30.7. The molecule has 6 aromatic rings. The first-order valence-electron chi connectivity index (χ1n) is 20.5. The molecule has 2 aliphatic heterocycles. The van der Waals surface area contributed by atoms with Crippen LogP contribution in [0.25, 0.3) is 5.69 Å². The topological polar surface area (TPSA) is 171 Å². The predicted octanol–water partition coefficient (Wildman–Crippen LogP) is 8.06. The van der Waals surface area contributed by atoms with Gasteiger partial charge in [-0.25, -0.2) is 9.48 Å². The zero-order valence-electron chi connectivity index (χ0n) is 34.6. The number of carbonyl (C=O) groups excluding carboxylic acids is 4. The van der Waals surface area contributed by atoms with Crippen LogP contribution >= 0.6 is 11.6 Å². The summed E-state index contributed by atoms with van der Waals surface area (Å²) in [5, 5.41) is 7.96. The molecule has 8 rings (SSSR count). The fourth-order valence-corrected chi connectivity index (χ4v) is 7.12. The van der Waals surface area contributed by atoms with Gasteiger partial charge in [0.1, 0.15) is 30.4 Å². The van der Waals surface area contributed by atoms with E-state index in [1.165, 1.54) is 4.68 Å². The normalized spacial score (nSPS) is 13.7. The van der Waals surface area contributed by atoms with Gasteiger partial charge < -0.3 is 29.7 Å². The van der Waals surface area contributed by atoms with E-state index in [9.17, 15) is 19.2 Å². The van der Waals surface area contributed by atoms with E-state index in [0.717, 1.165) is 35.4 Å². The Bertz CT molecular complexity index is 2550. The molecule has 0 saturated carbocycles. The molecule has 0 unspecified atom stereocenters. The second-order valence-electron chi connectivity index (χ2n) is 14.5. The van der Waals surface area contributed by atoms with Crippen molar-refractivity contribution in [2.75, 3.05) is 34.9 Å². The summed E-state index contributed by atoms with van der Waals surface area (Å²) < 4.78 is 17.8. The summed E-state index contributed by atoms with van der Waals surface area (Å²) in [4.78, 5) is 53.2. The molecule has 0 aliphatic carbocycles. The number of ether oxygens (including phenoxy) is 3. The number of nitrogens with one attached hydrogen (secondary N) is 1. The van der Waals surface area contributed by atoms with Crippen LogP contribution in [0.3, 0.4) is 0 Å². The molecule has 1 aromatic heterocycles. The fraction of sp³-hybridized carbons (Fsp3) is 0.208. The lowest BCUT2D eigenvalue weighted by molar-refractivity contribution is -0.134. The van der Waals surface area contributed by atoms with E-state index in [2.05, 4.69) is 15.6 Å². The lowest BCUT2D eigenvalue weighted by Gasteiger charge is -2.29. The maximum atomic E-state index is 13.8. The molecular formula is C48H46ClN7O7. The maximum absolute atomic E-state index is 13.8. The molecule has 2 aliphatic rings. The SMILES string of the molecule is CCOC(=O)/C(Cl)=N/Nc1ccc(OCc2ccccc2)cc1.NC(=O)c1nn(-c2ccc(OCc3ccccc3)cc2)c2c1CCN(c1ccc(N3CCCCC3=O)cc1)C2=O. The summed E-state index contributed by atoms with van der Waals surface area (Å²) in [7, 11) is 0. The molecule has 3 heterocycles. The van der Waals surface area contributed by atoms with Gasteiger partial charge in [0.15, 0.2) is 5.69 Å². The molecule has 63 heavy (non-hydrogen) atoms. The van der Waals surface area contributed by atoms with Crippen LogP contribution in [0, 0.1) is 0 Å². The number of hydrazone groups is 1. The van der Waals surface area contributed by atoms with Gasteiger partial charge in [-0.3, -0.25) is 19.8 Å². The minimum absolute atomic E-state index is 0.103. The molecule has 0 radical (unpaired) electrons. The highest BCUT2D eigenvalue weighted by Crippen LogP contribution is 2.31. The highest BCUT2D eigenvalue weighted by molar-refractivity contribution is 6.82. The molecule has 322 valence electrons. The molecule has 14 nitrogen and oxygen atoms in total. The second kappa shape index (κ2) is 20.9. The van der Waals surface area contributed by atoms with E-state index in [1.807, 2.05) is 97.1 Å². The number of fused-ring (bicyclic) bond motifs is 1. The zero-order chi connectivity index (χ0) is 44.1. The van der Waals surface area contributed by atoms with Crippen LogP contribution in [0.15, 0.2) is 139 Å². The summed E-state index contributed by atoms with van der Waals surface area (Å²) >= 11 is 5.70. The average Bonchev–Trinajstić information content (AvgIpc) is 3.72. The first-order valence-corrected chi connectivity index (χ1v) is 20.9. The Labute approximate surface area is 369 Å². The van der Waals surface area contributed by atoms with Crippen molar-refractivity contribution in [3.8, 4) is 17.2 Å². The number of carbonyl (C=O) groups is 4. The standard InChI is InChI=1S/C31H29N5O4.C17H17ClN2O3/c32-30(38)28-26-17-19-35(23-11-9-22(10-12-23)34-18-5-4-8-27(34)37)31(39)29(26)36(33-28)24-13-15-25(16-14-24)40-20-21-6-2-1-3-7-21;1-2-22-17(21)16(18)20-19-14-8-10-15(11-9-14)23-12-13-6-4-3-5-7-13/h1-3,6-7,9-16H,4-5,8,17-20H2,(H2,32,38);3-11,19H,2,12H2,1H3/b;20-16-. The van der Waals surface area contributed by atoms with Gasteiger partial charge in [-0.2, -0.15) is 10.2 Å². The van der Waals surface area contributed by atoms with Crippen LogP contribution < -0.4 is 30.4 Å². The number of hydrogen-bond acceptors (Lipinski definition) is 10. The molecule has 5 aromatic carbocycles. The van der Waals surface area contributed by atoms with E-state index in [1.54, 1.807) is 53.1 Å². The molecule has 1 saturated heterocycles. The van der Waals surface area contributed by atoms with Crippen LogP contribution in [-0.4, -0.2) is 58.3 Å². The zero-order valence-corrected chi connectivity index (χ0v) is 35.4. The largest absolute Gasteiger partial charge is 0.489 e. The third-order valence-corrected chi connectivity index (χ3v) is 10.4. The van der Waals surface area contributed by atoms with Gasteiger partial charge in [0.05, 0.1) is 18.0 Å². The molecule has 1 fully saturated rings. The summed E-state index contributed by atoms with van der Waals surface area (Å²) in [6, 6.07) is 41.6. The lowest BCUT2D eigenvalue weighted by atomic mass is 10.0. The van der Waals surface area contributed by atoms with Crippen molar-refractivity contribution < 1.29 is 33.4 Å². The van der Waals surface area contributed by atoms with E-state index in [-0.39, 0.29) is 29.3 Å². The molecule has 15 heteroatoms. The molecule has 3 amide bonds. The number of amides is 3. The minimum atomic E-state index is -0.672. The third kappa shape index (κ3) is 11.1. The Morgan fingerprint density at radius 2 is 1.27 bits per heavy atom. The Morgan fingerprint density at radius 3 is 1.83 bits per heavy atom. The van der Waals surface area contributed by atoms with Crippen molar-refractivity contribution in [2.24, 2.45) is 10.8 Å². The van der Waals surface area contributed by atoms with Crippen molar-refractivity contribution in [3.05, 3.63) is 162 Å². The number of anilines is 3. The molecule has 3 N–H and O–H groups in total. The van der Waals surface area contributed by atoms with E-state index < -0.39 is 11.9 Å². The Morgan fingerprint density at radius 1 is 0.714 bits per heavy atom. The van der Waals surface area contributed by atoms with Crippen LogP contribution in [-0.2, 0) is 34.0 Å². The van der Waals surface area contributed by atoms with Gasteiger partial charge in [0.2, 0.25) is 11.1 Å². The third-order valence-electron chi connectivity index (χ3n) is 10.2. The number of halogens is 1. The highest BCUT2D eigenvalue weighted by Gasteiger charge is 2.35. The summed E-state index contributed by atoms with van der Waals surface area (Å²) in [5.74, 6) is -0.0764. The Balaban J connectivity index is 0.000000220. The van der Waals surface area contributed by atoms with Gasteiger partial charge in [0, 0.05) is 36.4 Å². The molecule has 0 bridgehead atoms. The highest BCUT2D eigenvalue weighted by atomic mass is 35.5. The molecule has 0 spiro atoms. The number of nitrogens with two attached hydrogens (primary N) is 1. The van der Waals surface area contributed by atoms with Crippen LogP contribution in [0.4, 0.5) is 17.1 Å². The summed E-state index contributed by atoms with van der Waals surface area (Å²) in [5.41, 5.74) is 14.3. The minimum Gasteiger partial charge on any atom is -0.489 e. The maximum Gasteiger partial charge on any atom is 0.370 e. The number of nitrogens with zero attached hydrogens (tertiary/aromatic N) is 5. The number of hydrogen-bond donors (Lipinski definition) is 2. The number of aromatic nitrogens is 2. The van der Waals surface area contributed by atoms with E-state index >= 15 is 0 Å². The summed E-state index contributed by atoms with van der Waals surface area (Å²) in [6.45, 7) is 3.96. The van der Waals surface area contributed by atoms with Gasteiger partial charge in [-0.15, -0.1) is 0 Å². The lowest BCUT2D eigenvalue weighted by Crippen LogP contribution is -2.39. The fourth-order valence-electron chi connectivity index (χ4n) is 7.02. The van der Waals surface area contributed by atoms with Crippen molar-refractivity contribution in [1.29, 1.82) is 0 Å². The predicted molar refractivity (Wildman–Crippen MR) is 242 cm³/mol. The second-order valence-corrected chi connectivity index (χ2v) is 14.8. The Hall–Kier alpha value is -7.45. The monoisotopic (exact) mass is 867 g/mol. The average molecular weight is 868 g/mol. The number of esters is 1. The van der Waals surface area contributed by atoms with Crippen molar-refractivity contribution in [1.82, 2.24) is 9.78 Å². The molecule has 0 atom stereocenters. The number of benzene rings is 5. The number of piperidine rings is 1. The van der Waals surface area contributed by atoms with Gasteiger partial charge in [-0.1, -0.05) is 72.3 Å². The van der Waals surface area contributed by atoms with Crippen molar-refractivity contribution in [2.45, 2.75) is 45.8 Å². The van der Waals surface area contributed by atoms with E-state index in [4.69, 9.17) is 31.5 Å². The smallest absolute Gasteiger partial charge is 0.370 e. The van der Waals surface area contributed by atoms with Crippen LogP contribution in [0.1, 0.15) is 63.9 Å². The van der Waals surface area contributed by atoms with Crippen molar-refractivity contribution >= 4 is 57.5 Å². The van der Waals surface area contributed by atoms with Crippen LogP contribution in [0.5, 0.6) is 11.5 Å². The van der Waals surface area contributed by atoms with Crippen molar-refractivity contribution in [3.63, 3.8) is 0 Å². The summed E-state index contributed by atoms with van der Waals surface area (Å²) in [6.07, 6.45) is 2.89. The number of rotatable bonds is 14. The quantitative estimate of drug-likeness (QED) is 0.0625. The van der Waals surface area contributed by atoms with E-state index in [0.29, 0.717) is 73.2 Å². The Kier molecular flexibility index (Phi) is 14.5. The first kappa shape index (κ1) is 43.6. The van der Waals surface area contributed by atoms with Crippen LogP contribution in [0.2, 0.25) is 0 Å². The van der Waals surface area contributed by atoms with Gasteiger partial charge >= 0.3 is 5.97 Å². The van der Waals surface area contributed by atoms with Gasteiger partial charge in [-0.05, 0) is 110 Å². The number of primary amides is 1.